The molecule has 0 bridgehead atoms. The molecule has 0 heterocycles. The second-order valence-electron chi connectivity index (χ2n) is 5.26. The van der Waals surface area contributed by atoms with Crippen molar-refractivity contribution in [3.05, 3.63) is 29.8 Å². The second kappa shape index (κ2) is 6.45. The van der Waals surface area contributed by atoms with Crippen LogP contribution in [0.3, 0.4) is 0 Å². The van der Waals surface area contributed by atoms with Gasteiger partial charge in [-0.25, -0.2) is 17.5 Å². The van der Waals surface area contributed by atoms with Gasteiger partial charge in [0.05, 0.1) is 4.90 Å². The Morgan fingerprint density at radius 1 is 1.23 bits per heavy atom. The Hall–Kier alpha value is -1.93. The molecule has 0 saturated heterocycles. The van der Waals surface area contributed by atoms with E-state index in [1.54, 1.807) is 6.92 Å². The summed E-state index contributed by atoms with van der Waals surface area (Å²) in [6, 6.07) is 5.33. The van der Waals surface area contributed by atoms with Crippen molar-refractivity contribution in [3.63, 3.8) is 0 Å². The normalized spacial score (nSPS) is 14.4. The summed E-state index contributed by atoms with van der Waals surface area (Å²) in [5.74, 6) is -1.70. The van der Waals surface area contributed by atoms with Crippen LogP contribution in [-0.2, 0) is 14.8 Å². The highest BCUT2D eigenvalue weighted by Crippen LogP contribution is 2.15. The lowest BCUT2D eigenvalue weighted by Gasteiger charge is -2.24. The Morgan fingerprint density at radius 2 is 1.73 bits per heavy atom. The highest BCUT2D eigenvalue weighted by atomic mass is 32.2. The minimum atomic E-state index is -3.57. The molecule has 1 rings (SSSR count). The van der Waals surface area contributed by atoms with Crippen LogP contribution in [0.15, 0.2) is 29.2 Å². The number of nitrogens with one attached hydrogen (secondary N) is 1. The average molecular weight is 328 g/mol. The third-order valence-corrected chi connectivity index (χ3v) is 5.29. The third kappa shape index (κ3) is 3.63. The van der Waals surface area contributed by atoms with E-state index in [9.17, 15) is 18.0 Å². The van der Waals surface area contributed by atoms with Crippen molar-refractivity contribution in [1.82, 2.24) is 9.62 Å². The number of nitrogens with zero attached hydrogens (tertiary/aromatic N) is 1. The van der Waals surface area contributed by atoms with Gasteiger partial charge in [0, 0.05) is 19.7 Å². The van der Waals surface area contributed by atoms with Crippen LogP contribution in [0.1, 0.15) is 30.6 Å². The van der Waals surface area contributed by atoms with Gasteiger partial charge in [0.15, 0.2) is 0 Å². The molecule has 0 aliphatic carbocycles. The van der Waals surface area contributed by atoms with E-state index >= 15 is 0 Å². The van der Waals surface area contributed by atoms with E-state index in [4.69, 9.17) is 5.11 Å². The van der Waals surface area contributed by atoms with Crippen LogP contribution in [0.2, 0.25) is 0 Å². The summed E-state index contributed by atoms with van der Waals surface area (Å²) < 4.78 is 24.9. The third-order valence-electron chi connectivity index (χ3n) is 3.46. The van der Waals surface area contributed by atoms with Crippen LogP contribution in [-0.4, -0.2) is 49.3 Å². The summed E-state index contributed by atoms with van der Waals surface area (Å²) in [6.07, 6.45) is 0.223. The number of benzene rings is 1. The van der Waals surface area contributed by atoms with Gasteiger partial charge in [-0.15, -0.1) is 0 Å². The monoisotopic (exact) mass is 328 g/mol. The lowest BCUT2D eigenvalue weighted by Crippen LogP contribution is -2.51. The number of carboxylic acids is 1. The van der Waals surface area contributed by atoms with Gasteiger partial charge < -0.3 is 10.4 Å². The zero-order valence-electron chi connectivity index (χ0n) is 13.0. The Bertz CT molecular complexity index is 667. The molecule has 0 aliphatic heterocycles. The van der Waals surface area contributed by atoms with Crippen molar-refractivity contribution < 1.29 is 23.1 Å². The van der Waals surface area contributed by atoms with Crippen molar-refractivity contribution in [2.24, 2.45) is 0 Å². The summed E-state index contributed by atoms with van der Waals surface area (Å²) in [6.45, 7) is 3.07. The number of sulfonamides is 1. The number of amides is 1. The number of rotatable bonds is 6. The van der Waals surface area contributed by atoms with Crippen LogP contribution in [0, 0.1) is 0 Å². The fraction of sp³-hybridized carbons (Fsp3) is 0.429. The van der Waals surface area contributed by atoms with Gasteiger partial charge in [-0.3, -0.25) is 4.79 Å². The maximum absolute atomic E-state index is 12.1. The Labute approximate surface area is 130 Å². The molecule has 0 radical (unpaired) electrons. The number of carbonyl (C=O) groups is 2. The molecule has 1 unspecified atom stereocenters. The average Bonchev–Trinajstić information content (AvgIpc) is 2.46. The molecule has 0 saturated carbocycles. The first-order valence-electron chi connectivity index (χ1n) is 6.63. The minimum Gasteiger partial charge on any atom is -0.480 e. The largest absolute Gasteiger partial charge is 0.480 e. The van der Waals surface area contributed by atoms with Crippen LogP contribution in [0.25, 0.3) is 0 Å². The Morgan fingerprint density at radius 3 is 2.09 bits per heavy atom. The van der Waals surface area contributed by atoms with Crippen LogP contribution < -0.4 is 5.32 Å². The summed E-state index contributed by atoms with van der Waals surface area (Å²) in [7, 11) is -0.741. The topological polar surface area (TPSA) is 104 Å². The van der Waals surface area contributed by atoms with Gasteiger partial charge in [0.1, 0.15) is 5.54 Å². The highest BCUT2D eigenvalue weighted by molar-refractivity contribution is 7.89. The standard InChI is InChI=1S/C14H20N2O5S/c1-5-14(2,13(18)19)15-12(17)10-6-8-11(9-7-10)22(20,21)16(3)4/h6-9H,5H2,1-4H3,(H,15,17)(H,18,19). The van der Waals surface area contributed by atoms with Gasteiger partial charge in [-0.1, -0.05) is 6.92 Å². The van der Waals surface area contributed by atoms with Gasteiger partial charge in [-0.2, -0.15) is 0 Å². The first kappa shape index (κ1) is 18.1. The maximum atomic E-state index is 12.1. The quantitative estimate of drug-likeness (QED) is 0.808. The van der Waals surface area contributed by atoms with E-state index in [-0.39, 0.29) is 16.9 Å². The molecule has 0 aliphatic rings. The molecule has 1 aromatic rings. The Balaban J connectivity index is 3.01. The highest BCUT2D eigenvalue weighted by Gasteiger charge is 2.33. The molecule has 0 fully saturated rings. The molecule has 1 aromatic carbocycles. The molecule has 7 nitrogen and oxygen atoms in total. The number of hydrogen-bond donors (Lipinski definition) is 2. The van der Waals surface area contributed by atoms with Crippen molar-refractivity contribution in [3.8, 4) is 0 Å². The van der Waals surface area contributed by atoms with Gasteiger partial charge in [0.25, 0.3) is 5.91 Å². The first-order chi connectivity index (χ1) is 10.0. The van der Waals surface area contributed by atoms with Crippen LogP contribution in [0.4, 0.5) is 0 Å². The molecule has 2 N–H and O–H groups in total. The molecule has 1 amide bonds. The van der Waals surface area contributed by atoms with Crippen LogP contribution >= 0.6 is 0 Å². The maximum Gasteiger partial charge on any atom is 0.329 e. The zero-order valence-corrected chi connectivity index (χ0v) is 13.8. The number of carboxylic acid groups (broad SMARTS) is 1. The summed E-state index contributed by atoms with van der Waals surface area (Å²) in [5.41, 5.74) is -1.18. The summed E-state index contributed by atoms with van der Waals surface area (Å²) >= 11 is 0. The van der Waals surface area contributed by atoms with Gasteiger partial charge in [0.2, 0.25) is 10.0 Å². The van der Waals surface area contributed by atoms with Crippen molar-refractivity contribution in [1.29, 1.82) is 0 Å². The first-order valence-corrected chi connectivity index (χ1v) is 8.07. The van der Waals surface area contributed by atoms with Gasteiger partial charge >= 0.3 is 5.97 Å². The molecular weight excluding hydrogens is 308 g/mol. The number of carbonyl (C=O) groups excluding carboxylic acids is 1. The molecule has 0 aromatic heterocycles. The predicted molar refractivity (Wildman–Crippen MR) is 81.1 cm³/mol. The van der Waals surface area contributed by atoms with E-state index in [0.29, 0.717) is 0 Å². The van der Waals surface area contributed by atoms with E-state index in [1.165, 1.54) is 45.3 Å². The molecule has 1 atom stereocenters. The van der Waals surface area contributed by atoms with Crippen LogP contribution in [0.5, 0.6) is 0 Å². The lowest BCUT2D eigenvalue weighted by atomic mass is 9.98. The van der Waals surface area contributed by atoms with Gasteiger partial charge in [-0.05, 0) is 37.6 Å². The van der Waals surface area contributed by atoms with E-state index in [2.05, 4.69) is 5.32 Å². The molecular formula is C14H20N2O5S. The molecule has 22 heavy (non-hydrogen) atoms. The fourth-order valence-electron chi connectivity index (χ4n) is 1.60. The summed E-state index contributed by atoms with van der Waals surface area (Å²) in [5, 5.41) is 11.6. The van der Waals surface area contributed by atoms with Crippen molar-refractivity contribution >= 4 is 21.9 Å². The molecule has 0 spiro atoms. The Kier molecular flexibility index (Phi) is 5.31. The summed E-state index contributed by atoms with van der Waals surface area (Å²) in [4.78, 5) is 23.3. The van der Waals surface area contributed by atoms with E-state index in [1.807, 2.05) is 0 Å². The SMILES string of the molecule is CCC(C)(NC(=O)c1ccc(S(=O)(=O)N(C)C)cc1)C(=O)O. The lowest BCUT2D eigenvalue weighted by molar-refractivity contribution is -0.143. The predicted octanol–water partition coefficient (Wildman–Crippen LogP) is 0.920. The number of hydrogen-bond acceptors (Lipinski definition) is 4. The number of aliphatic carboxylic acids is 1. The van der Waals surface area contributed by atoms with Crippen molar-refractivity contribution in [2.45, 2.75) is 30.7 Å². The van der Waals surface area contributed by atoms with E-state index < -0.39 is 27.4 Å². The molecule has 122 valence electrons. The minimum absolute atomic E-state index is 0.0607. The van der Waals surface area contributed by atoms with E-state index in [0.717, 1.165) is 4.31 Å². The zero-order chi connectivity index (χ0) is 17.1. The smallest absolute Gasteiger partial charge is 0.329 e. The fourth-order valence-corrected chi connectivity index (χ4v) is 2.51. The second-order valence-corrected chi connectivity index (χ2v) is 7.41. The van der Waals surface area contributed by atoms with Crippen molar-refractivity contribution in [2.75, 3.05) is 14.1 Å². The molecule has 8 heteroatoms.